The first-order valence-electron chi connectivity index (χ1n) is 10.6. The molecule has 1 N–H and O–H groups in total. The Labute approximate surface area is 196 Å². The number of para-hydroxylation sites is 1. The first-order chi connectivity index (χ1) is 15.7. The molecule has 0 saturated carbocycles. The monoisotopic (exact) mass is 459 g/mol. The molecule has 6 nitrogen and oxygen atoms in total. The molecule has 0 radical (unpaired) electrons. The highest BCUT2D eigenvalue weighted by atomic mass is 32.2. The Bertz CT molecular complexity index is 1460. The maximum absolute atomic E-state index is 13.4. The van der Waals surface area contributed by atoms with Crippen molar-refractivity contribution < 1.29 is 9.59 Å². The summed E-state index contributed by atoms with van der Waals surface area (Å²) in [4.78, 5) is 46.2. The molecule has 2 aromatic heterocycles. The first kappa shape index (κ1) is 22.7. The number of hydrogen-bond acceptors (Lipinski definition) is 5. The average molecular weight is 460 g/mol. The Morgan fingerprint density at radius 1 is 1.03 bits per heavy atom. The van der Waals surface area contributed by atoms with Gasteiger partial charge in [0.25, 0.3) is 5.56 Å². The molecule has 2 heterocycles. The van der Waals surface area contributed by atoms with Crippen LogP contribution in [0.5, 0.6) is 0 Å². The van der Waals surface area contributed by atoms with Gasteiger partial charge in [0.1, 0.15) is 0 Å². The fourth-order valence-corrected chi connectivity index (χ4v) is 5.16. The van der Waals surface area contributed by atoms with Crippen LogP contribution in [0.25, 0.3) is 16.6 Å². The van der Waals surface area contributed by atoms with Crippen LogP contribution in [0, 0.1) is 27.7 Å². The van der Waals surface area contributed by atoms with E-state index >= 15 is 0 Å². The lowest BCUT2D eigenvalue weighted by Crippen LogP contribution is -2.22. The van der Waals surface area contributed by atoms with E-state index in [-0.39, 0.29) is 22.9 Å². The fraction of sp³-hybridized carbons (Fsp3) is 0.231. The summed E-state index contributed by atoms with van der Waals surface area (Å²) < 4.78 is 1.58. The number of H-pyrrole nitrogens is 1. The lowest BCUT2D eigenvalue weighted by molar-refractivity contribution is 0.101. The SMILES string of the molecule is CC(=O)c1c(C)[nH]c(C(=O)CSc2nc3ccccc3c(=O)n2-c2cc(C)cc(C)c2)c1C. The number of benzene rings is 2. The Morgan fingerprint density at radius 3 is 2.33 bits per heavy atom. The van der Waals surface area contributed by atoms with Gasteiger partial charge in [-0.1, -0.05) is 30.0 Å². The third kappa shape index (κ3) is 4.28. The van der Waals surface area contributed by atoms with Gasteiger partial charge in [-0.3, -0.25) is 19.0 Å². The van der Waals surface area contributed by atoms with Crippen LogP contribution in [0.3, 0.4) is 0 Å². The summed E-state index contributed by atoms with van der Waals surface area (Å²) in [5.74, 6) is -0.149. The molecule has 0 fully saturated rings. The Balaban J connectivity index is 1.78. The summed E-state index contributed by atoms with van der Waals surface area (Å²) in [6.45, 7) is 9.02. The molecule has 4 aromatic rings. The number of thioether (sulfide) groups is 1. The topological polar surface area (TPSA) is 84.8 Å². The number of aromatic amines is 1. The van der Waals surface area contributed by atoms with Crippen molar-refractivity contribution in [3.05, 3.63) is 86.5 Å². The summed E-state index contributed by atoms with van der Waals surface area (Å²) in [5, 5.41) is 0.971. The second-order valence-electron chi connectivity index (χ2n) is 8.29. The smallest absolute Gasteiger partial charge is 0.266 e. The van der Waals surface area contributed by atoms with E-state index < -0.39 is 0 Å². The molecule has 0 atom stereocenters. The molecule has 33 heavy (non-hydrogen) atoms. The largest absolute Gasteiger partial charge is 0.355 e. The molecular formula is C26H25N3O3S. The van der Waals surface area contributed by atoms with Gasteiger partial charge in [-0.15, -0.1) is 0 Å². The molecule has 2 aromatic carbocycles. The maximum atomic E-state index is 13.4. The van der Waals surface area contributed by atoms with E-state index in [1.807, 2.05) is 44.2 Å². The van der Waals surface area contributed by atoms with Crippen LogP contribution in [-0.4, -0.2) is 31.9 Å². The molecule has 4 rings (SSSR count). The van der Waals surface area contributed by atoms with Crippen LogP contribution in [0.4, 0.5) is 0 Å². The van der Waals surface area contributed by atoms with Gasteiger partial charge in [0.05, 0.1) is 28.0 Å². The number of rotatable bonds is 6. The van der Waals surface area contributed by atoms with Crippen molar-refractivity contribution in [2.24, 2.45) is 0 Å². The zero-order chi connectivity index (χ0) is 23.9. The predicted molar refractivity (Wildman–Crippen MR) is 132 cm³/mol. The third-order valence-corrected chi connectivity index (χ3v) is 6.55. The number of aromatic nitrogens is 3. The summed E-state index contributed by atoms with van der Waals surface area (Å²) >= 11 is 1.22. The summed E-state index contributed by atoms with van der Waals surface area (Å²) in [6, 6.07) is 13.1. The van der Waals surface area contributed by atoms with Gasteiger partial charge in [-0.2, -0.15) is 0 Å². The summed E-state index contributed by atoms with van der Waals surface area (Å²) in [5.41, 5.74) is 5.52. The second kappa shape index (κ2) is 8.83. The molecule has 168 valence electrons. The molecule has 0 saturated heterocycles. The molecule has 0 aliphatic carbocycles. The molecule has 0 bridgehead atoms. The van der Waals surface area contributed by atoms with E-state index in [0.717, 1.165) is 16.8 Å². The number of aryl methyl sites for hydroxylation is 3. The van der Waals surface area contributed by atoms with E-state index in [1.54, 1.807) is 30.5 Å². The Morgan fingerprint density at radius 2 is 1.70 bits per heavy atom. The number of carbonyl (C=O) groups excluding carboxylic acids is 2. The zero-order valence-electron chi connectivity index (χ0n) is 19.3. The average Bonchev–Trinajstić information content (AvgIpc) is 3.05. The van der Waals surface area contributed by atoms with E-state index in [4.69, 9.17) is 4.98 Å². The summed E-state index contributed by atoms with van der Waals surface area (Å²) in [6.07, 6.45) is 0. The highest BCUT2D eigenvalue weighted by molar-refractivity contribution is 7.99. The first-order valence-corrected chi connectivity index (χ1v) is 11.6. The van der Waals surface area contributed by atoms with Gasteiger partial charge < -0.3 is 4.98 Å². The van der Waals surface area contributed by atoms with Crippen molar-refractivity contribution in [2.45, 2.75) is 39.8 Å². The van der Waals surface area contributed by atoms with Crippen LogP contribution < -0.4 is 5.56 Å². The molecule has 0 amide bonds. The van der Waals surface area contributed by atoms with Gasteiger partial charge in [0.15, 0.2) is 16.7 Å². The highest BCUT2D eigenvalue weighted by Crippen LogP contribution is 2.25. The quantitative estimate of drug-likeness (QED) is 0.246. The lowest BCUT2D eigenvalue weighted by atomic mass is 10.1. The van der Waals surface area contributed by atoms with E-state index in [0.29, 0.717) is 38.6 Å². The summed E-state index contributed by atoms with van der Waals surface area (Å²) in [7, 11) is 0. The molecule has 0 aliphatic heterocycles. The number of ketones is 2. The number of carbonyl (C=O) groups is 2. The number of nitrogens with one attached hydrogen (secondary N) is 1. The van der Waals surface area contributed by atoms with Crippen LogP contribution >= 0.6 is 11.8 Å². The normalized spacial score (nSPS) is 11.2. The van der Waals surface area contributed by atoms with E-state index in [1.165, 1.54) is 18.7 Å². The maximum Gasteiger partial charge on any atom is 0.266 e. The van der Waals surface area contributed by atoms with Crippen molar-refractivity contribution in [1.82, 2.24) is 14.5 Å². The predicted octanol–water partition coefficient (Wildman–Crippen LogP) is 5.13. The van der Waals surface area contributed by atoms with Gasteiger partial charge in [0, 0.05) is 11.3 Å². The van der Waals surface area contributed by atoms with Gasteiger partial charge in [-0.25, -0.2) is 4.98 Å². The Hall–Kier alpha value is -3.45. The van der Waals surface area contributed by atoms with Gasteiger partial charge in [0.2, 0.25) is 0 Å². The van der Waals surface area contributed by atoms with Crippen LogP contribution in [0.15, 0.2) is 52.4 Å². The van der Waals surface area contributed by atoms with Crippen molar-refractivity contribution in [3.8, 4) is 5.69 Å². The number of hydrogen-bond donors (Lipinski definition) is 1. The van der Waals surface area contributed by atoms with Gasteiger partial charge in [-0.05, 0) is 75.6 Å². The minimum Gasteiger partial charge on any atom is -0.355 e. The van der Waals surface area contributed by atoms with E-state index in [2.05, 4.69) is 4.98 Å². The number of fused-ring (bicyclic) bond motifs is 1. The minimum atomic E-state index is -0.175. The van der Waals surface area contributed by atoms with Gasteiger partial charge >= 0.3 is 0 Å². The second-order valence-corrected chi connectivity index (χ2v) is 9.23. The standard InChI is InChI=1S/C26H25N3O3S/c1-14-10-15(2)12-19(11-14)29-25(32)20-8-6-7-9-21(20)28-26(29)33-13-22(31)24-16(3)23(18(5)30)17(4)27-24/h6-12,27H,13H2,1-5H3. The third-order valence-electron chi connectivity index (χ3n) is 5.61. The lowest BCUT2D eigenvalue weighted by Gasteiger charge is -2.14. The molecule has 0 unspecified atom stereocenters. The van der Waals surface area contributed by atoms with Crippen molar-refractivity contribution in [2.75, 3.05) is 5.75 Å². The number of Topliss-reactive ketones (excluding diaryl/α,β-unsaturated/α-hetero) is 2. The van der Waals surface area contributed by atoms with Crippen molar-refractivity contribution >= 4 is 34.2 Å². The van der Waals surface area contributed by atoms with E-state index in [9.17, 15) is 14.4 Å². The van der Waals surface area contributed by atoms with Crippen LogP contribution in [-0.2, 0) is 0 Å². The van der Waals surface area contributed by atoms with Crippen LogP contribution in [0.2, 0.25) is 0 Å². The minimum absolute atomic E-state index is 0.0761. The Kier molecular flexibility index (Phi) is 6.08. The van der Waals surface area contributed by atoms with Crippen molar-refractivity contribution in [3.63, 3.8) is 0 Å². The van der Waals surface area contributed by atoms with Crippen molar-refractivity contribution in [1.29, 1.82) is 0 Å². The van der Waals surface area contributed by atoms with Crippen LogP contribution in [0.1, 0.15) is 50.2 Å². The molecule has 7 heteroatoms. The molecule has 0 spiro atoms. The highest BCUT2D eigenvalue weighted by Gasteiger charge is 2.21. The molecular weight excluding hydrogens is 434 g/mol. The zero-order valence-corrected chi connectivity index (χ0v) is 20.1. The fourth-order valence-electron chi connectivity index (χ4n) is 4.28. The number of nitrogens with zero attached hydrogens (tertiary/aromatic N) is 2. The molecule has 0 aliphatic rings.